The van der Waals surface area contributed by atoms with Crippen LogP contribution in [0, 0.1) is 12.8 Å². The Hall–Kier alpha value is -3.54. The van der Waals surface area contributed by atoms with Crippen LogP contribution in [0.5, 0.6) is 0 Å². The standard InChI is InChI=1S/C37H38ClN3O2/c1-23-7-13-29-30(15-16-32(38)36(29)39-23)37(43)40-27-11-8-24(9-12-27)19-20-41-33-17-18-34(41)31-22-26(10-14-28(31)33)35(42)21-25-5-3-2-4-6-25/h2-7,10,13-16,22,24,27,33-34H,8-9,11-12,17-21H2,1H3,(H,40,43). The fourth-order valence-electron chi connectivity index (χ4n) is 7.74. The first kappa shape index (κ1) is 28.2. The second kappa shape index (κ2) is 11.9. The van der Waals surface area contributed by atoms with Crippen molar-refractivity contribution in [3.63, 3.8) is 0 Å². The minimum absolute atomic E-state index is 0.0382. The van der Waals surface area contributed by atoms with E-state index in [1.165, 1.54) is 30.4 Å². The van der Waals surface area contributed by atoms with Gasteiger partial charge in [0.2, 0.25) is 0 Å². The SMILES string of the molecule is Cc1ccc2c(C(=O)NC3CCC(CCN4C5CCC4c4cc(C(=O)Cc6ccccc6)ccc45)CC3)ccc(Cl)c2n1. The lowest BCUT2D eigenvalue weighted by molar-refractivity contribution is 0.0919. The van der Waals surface area contributed by atoms with Crippen molar-refractivity contribution in [2.45, 2.75) is 76.4 Å². The van der Waals surface area contributed by atoms with E-state index in [9.17, 15) is 9.59 Å². The molecule has 7 rings (SSSR count). The average Bonchev–Trinajstić information content (AvgIpc) is 3.57. The first-order valence-electron chi connectivity index (χ1n) is 15.8. The maximum absolute atomic E-state index is 13.2. The Balaban J connectivity index is 0.929. The number of Topliss-reactive ketones (excluding diaryl/α,β-unsaturated/α-hetero) is 1. The molecular formula is C37H38ClN3O2. The van der Waals surface area contributed by atoms with Crippen molar-refractivity contribution in [2.75, 3.05) is 6.54 Å². The minimum atomic E-state index is -0.0382. The third-order valence-electron chi connectivity index (χ3n) is 10.0. The summed E-state index contributed by atoms with van der Waals surface area (Å²) in [5.41, 5.74) is 6.93. The van der Waals surface area contributed by atoms with E-state index in [4.69, 9.17) is 11.6 Å². The summed E-state index contributed by atoms with van der Waals surface area (Å²) in [7, 11) is 0. The van der Waals surface area contributed by atoms with Crippen LogP contribution in [-0.2, 0) is 6.42 Å². The maximum Gasteiger partial charge on any atom is 0.252 e. The second-order valence-electron chi connectivity index (χ2n) is 12.7. The van der Waals surface area contributed by atoms with E-state index >= 15 is 0 Å². The lowest BCUT2D eigenvalue weighted by atomic mass is 9.84. The summed E-state index contributed by atoms with van der Waals surface area (Å²) in [6.45, 7) is 3.03. The molecule has 6 heteroatoms. The molecule has 2 aliphatic heterocycles. The first-order valence-corrected chi connectivity index (χ1v) is 16.2. The van der Waals surface area contributed by atoms with E-state index < -0.39 is 0 Å². The van der Waals surface area contributed by atoms with Crippen molar-refractivity contribution in [1.82, 2.24) is 15.2 Å². The van der Waals surface area contributed by atoms with Crippen molar-refractivity contribution >= 4 is 34.2 Å². The largest absolute Gasteiger partial charge is 0.349 e. The minimum Gasteiger partial charge on any atom is -0.349 e. The monoisotopic (exact) mass is 591 g/mol. The molecule has 4 aromatic rings. The number of nitrogens with one attached hydrogen (secondary N) is 1. The number of halogens is 1. The summed E-state index contributed by atoms with van der Waals surface area (Å²) in [6.07, 6.45) is 8.34. The highest BCUT2D eigenvalue weighted by Crippen LogP contribution is 2.53. The lowest BCUT2D eigenvalue weighted by Crippen LogP contribution is -2.38. The summed E-state index contributed by atoms with van der Waals surface area (Å²) in [6, 6.07) is 25.1. The van der Waals surface area contributed by atoms with Crippen LogP contribution in [0.4, 0.5) is 0 Å². The zero-order valence-electron chi connectivity index (χ0n) is 24.7. The number of aryl methyl sites for hydroxylation is 1. The summed E-state index contributed by atoms with van der Waals surface area (Å²) in [5, 5.41) is 4.67. The Kier molecular flexibility index (Phi) is 7.79. The number of amides is 1. The molecule has 43 heavy (non-hydrogen) atoms. The second-order valence-corrected chi connectivity index (χ2v) is 13.1. The maximum atomic E-state index is 13.2. The summed E-state index contributed by atoms with van der Waals surface area (Å²) in [4.78, 5) is 33.5. The molecule has 3 aromatic carbocycles. The van der Waals surface area contributed by atoms with Crippen LogP contribution in [0.2, 0.25) is 5.02 Å². The van der Waals surface area contributed by atoms with Crippen molar-refractivity contribution < 1.29 is 9.59 Å². The van der Waals surface area contributed by atoms with E-state index in [1.807, 2.05) is 61.5 Å². The van der Waals surface area contributed by atoms with Gasteiger partial charge in [-0.25, -0.2) is 0 Å². The normalized spacial score (nSPS) is 22.9. The van der Waals surface area contributed by atoms with Crippen LogP contribution in [0.15, 0.2) is 72.8 Å². The van der Waals surface area contributed by atoms with Gasteiger partial charge in [0, 0.05) is 46.8 Å². The van der Waals surface area contributed by atoms with Crippen LogP contribution in [0.1, 0.15) is 100 Å². The quantitative estimate of drug-likeness (QED) is 0.210. The first-order chi connectivity index (χ1) is 20.9. The van der Waals surface area contributed by atoms with Gasteiger partial charge in [-0.05, 0) is 105 Å². The molecule has 0 spiro atoms. The zero-order valence-corrected chi connectivity index (χ0v) is 25.4. The van der Waals surface area contributed by atoms with Crippen LogP contribution in [-0.4, -0.2) is 34.2 Å². The zero-order chi connectivity index (χ0) is 29.5. The number of carbonyl (C=O) groups is 2. The molecule has 2 fully saturated rings. The molecule has 0 radical (unpaired) electrons. The van der Waals surface area contributed by atoms with E-state index in [-0.39, 0.29) is 17.7 Å². The third-order valence-corrected chi connectivity index (χ3v) is 10.3. The van der Waals surface area contributed by atoms with Gasteiger partial charge >= 0.3 is 0 Å². The predicted octanol–water partition coefficient (Wildman–Crippen LogP) is 8.19. The van der Waals surface area contributed by atoms with Gasteiger partial charge in [0.1, 0.15) is 0 Å². The molecule has 2 unspecified atom stereocenters. The average molecular weight is 592 g/mol. The molecule has 1 aliphatic carbocycles. The van der Waals surface area contributed by atoms with Crippen molar-refractivity contribution in [3.05, 3.63) is 111 Å². The fraction of sp³-hybridized carbons (Fsp3) is 0.378. The van der Waals surface area contributed by atoms with Crippen LogP contribution < -0.4 is 5.32 Å². The summed E-state index contributed by atoms with van der Waals surface area (Å²) < 4.78 is 0. The Bertz CT molecular complexity index is 1680. The molecule has 5 nitrogen and oxygen atoms in total. The van der Waals surface area contributed by atoms with Crippen molar-refractivity contribution in [1.29, 1.82) is 0 Å². The number of carbonyl (C=O) groups excluding carboxylic acids is 2. The Morgan fingerprint density at radius 3 is 2.44 bits per heavy atom. The van der Waals surface area contributed by atoms with E-state index in [2.05, 4.69) is 27.3 Å². The molecule has 1 N–H and O–H groups in total. The molecular weight excluding hydrogens is 554 g/mol. The van der Waals surface area contributed by atoms with Crippen LogP contribution >= 0.6 is 11.6 Å². The third kappa shape index (κ3) is 5.61. The predicted molar refractivity (Wildman–Crippen MR) is 172 cm³/mol. The van der Waals surface area contributed by atoms with Crippen LogP contribution in [0.3, 0.4) is 0 Å². The van der Waals surface area contributed by atoms with Gasteiger partial charge in [-0.1, -0.05) is 60.1 Å². The molecule has 1 aromatic heterocycles. The van der Waals surface area contributed by atoms with Gasteiger partial charge in [0.25, 0.3) is 5.91 Å². The molecule has 220 valence electrons. The Labute approximate surface area is 258 Å². The molecule has 2 bridgehead atoms. The number of nitrogens with zero attached hydrogens (tertiary/aromatic N) is 2. The van der Waals surface area contributed by atoms with Gasteiger partial charge in [0.15, 0.2) is 5.78 Å². The number of benzene rings is 3. The van der Waals surface area contributed by atoms with E-state index in [0.717, 1.165) is 54.4 Å². The van der Waals surface area contributed by atoms with Crippen molar-refractivity contribution in [3.8, 4) is 0 Å². The Morgan fingerprint density at radius 2 is 1.65 bits per heavy atom. The van der Waals surface area contributed by atoms with E-state index in [1.54, 1.807) is 6.07 Å². The molecule has 1 amide bonds. The van der Waals surface area contributed by atoms with Gasteiger partial charge in [-0.2, -0.15) is 0 Å². The number of hydrogen-bond donors (Lipinski definition) is 1. The summed E-state index contributed by atoms with van der Waals surface area (Å²) in [5.74, 6) is 0.842. The van der Waals surface area contributed by atoms with Crippen LogP contribution in [0.25, 0.3) is 10.9 Å². The fourth-order valence-corrected chi connectivity index (χ4v) is 7.94. The Morgan fingerprint density at radius 1 is 0.884 bits per heavy atom. The highest BCUT2D eigenvalue weighted by Gasteiger charge is 2.43. The molecule has 3 heterocycles. The number of rotatable bonds is 8. The lowest BCUT2D eigenvalue weighted by Gasteiger charge is -2.31. The number of pyridine rings is 1. The molecule has 1 saturated heterocycles. The highest BCUT2D eigenvalue weighted by molar-refractivity contribution is 6.35. The van der Waals surface area contributed by atoms with Gasteiger partial charge in [0.05, 0.1) is 10.5 Å². The number of ketones is 1. The highest BCUT2D eigenvalue weighted by atomic mass is 35.5. The van der Waals surface area contributed by atoms with Gasteiger partial charge in [-0.3, -0.25) is 19.5 Å². The van der Waals surface area contributed by atoms with Gasteiger partial charge in [-0.15, -0.1) is 0 Å². The number of aromatic nitrogens is 1. The van der Waals surface area contributed by atoms with Gasteiger partial charge < -0.3 is 5.32 Å². The number of hydrogen-bond acceptors (Lipinski definition) is 4. The van der Waals surface area contributed by atoms with Crippen molar-refractivity contribution in [2.24, 2.45) is 5.92 Å². The molecule has 2 atom stereocenters. The topological polar surface area (TPSA) is 62.3 Å². The smallest absolute Gasteiger partial charge is 0.252 e. The summed E-state index contributed by atoms with van der Waals surface area (Å²) >= 11 is 6.37. The molecule has 3 aliphatic rings. The van der Waals surface area contributed by atoms with E-state index in [0.29, 0.717) is 40.5 Å². The molecule has 1 saturated carbocycles. The number of fused-ring (bicyclic) bond motifs is 6.